The van der Waals surface area contributed by atoms with Gasteiger partial charge in [-0.15, -0.1) is 0 Å². The lowest BCUT2D eigenvalue weighted by Gasteiger charge is -2.16. The van der Waals surface area contributed by atoms with E-state index in [9.17, 15) is 0 Å². The lowest BCUT2D eigenvalue weighted by atomic mass is 10.1. The van der Waals surface area contributed by atoms with E-state index in [0.717, 1.165) is 32.1 Å². The van der Waals surface area contributed by atoms with E-state index in [-0.39, 0.29) is 0 Å². The maximum Gasteiger partial charge on any atom is 0.194 e. The monoisotopic (exact) mass is 187 g/mol. The maximum absolute atomic E-state index is 4.43. The molecule has 0 radical (unpaired) electrons. The molecule has 3 nitrogen and oxygen atoms in total. The summed E-state index contributed by atoms with van der Waals surface area (Å²) in [5, 5.41) is 3.31. The van der Waals surface area contributed by atoms with Crippen LogP contribution < -0.4 is 5.32 Å². The maximum atomic E-state index is 4.43. The molecule has 0 atom stereocenters. The third kappa shape index (κ3) is 1.16. The number of rotatable bonds is 0. The van der Waals surface area contributed by atoms with Crippen LogP contribution in [0.3, 0.4) is 0 Å². The summed E-state index contributed by atoms with van der Waals surface area (Å²) < 4.78 is 0. The topological polar surface area (TPSA) is 27.6 Å². The van der Waals surface area contributed by atoms with Crippen LogP contribution in [0.5, 0.6) is 0 Å². The van der Waals surface area contributed by atoms with Crippen molar-refractivity contribution < 1.29 is 0 Å². The number of hydrogen-bond acceptors (Lipinski definition) is 3. The van der Waals surface area contributed by atoms with Gasteiger partial charge in [0.05, 0.1) is 6.54 Å². The van der Waals surface area contributed by atoms with Crippen LogP contribution in [-0.2, 0) is 13.1 Å². The molecule has 2 aliphatic rings. The van der Waals surface area contributed by atoms with E-state index in [1.54, 1.807) is 0 Å². The minimum absolute atomic E-state index is 0.919. The first-order valence-electron chi connectivity index (χ1n) is 5.03. The number of hydrogen-bond donors (Lipinski definition) is 1. The van der Waals surface area contributed by atoms with Crippen molar-refractivity contribution in [2.45, 2.75) is 13.1 Å². The quantitative estimate of drug-likeness (QED) is 0.655. The predicted molar refractivity (Wildman–Crippen MR) is 56.0 cm³/mol. The number of nitrogens with one attached hydrogen (secondary N) is 1. The minimum atomic E-state index is 0.919. The van der Waals surface area contributed by atoms with Crippen LogP contribution >= 0.6 is 0 Å². The van der Waals surface area contributed by atoms with Gasteiger partial charge in [0.15, 0.2) is 5.96 Å². The normalized spacial score (nSPS) is 19.1. The first-order chi connectivity index (χ1) is 6.93. The number of benzene rings is 1. The Morgan fingerprint density at radius 2 is 1.86 bits per heavy atom. The third-order valence-corrected chi connectivity index (χ3v) is 2.80. The Hall–Kier alpha value is -1.51. The summed E-state index contributed by atoms with van der Waals surface area (Å²) in [5.74, 6) is 1.07. The molecule has 3 rings (SSSR count). The second-order valence-electron chi connectivity index (χ2n) is 3.76. The second kappa shape index (κ2) is 3.01. The molecule has 0 amide bonds. The average molecular weight is 187 g/mol. The lowest BCUT2D eigenvalue weighted by Crippen LogP contribution is -2.34. The van der Waals surface area contributed by atoms with Crippen molar-refractivity contribution in [2.75, 3.05) is 13.1 Å². The summed E-state index contributed by atoms with van der Waals surface area (Å²) in [4.78, 5) is 6.74. The van der Waals surface area contributed by atoms with Crippen LogP contribution in [0.25, 0.3) is 0 Å². The van der Waals surface area contributed by atoms with Crippen LogP contribution in [0.15, 0.2) is 29.3 Å². The predicted octanol–water partition coefficient (Wildman–Crippen LogP) is 0.961. The SMILES string of the molecule is c1ccc2c(c1)CN(C1=NCCN1)C2. The van der Waals surface area contributed by atoms with Gasteiger partial charge in [-0.25, -0.2) is 0 Å². The fraction of sp³-hybridized carbons (Fsp3) is 0.364. The fourth-order valence-corrected chi connectivity index (χ4v) is 2.08. The van der Waals surface area contributed by atoms with Crippen molar-refractivity contribution >= 4 is 5.96 Å². The molecule has 0 aromatic heterocycles. The molecule has 72 valence electrons. The van der Waals surface area contributed by atoms with E-state index in [1.165, 1.54) is 11.1 Å². The Bertz CT molecular complexity index is 359. The summed E-state index contributed by atoms with van der Waals surface area (Å²) >= 11 is 0. The smallest absolute Gasteiger partial charge is 0.194 e. The molecule has 1 N–H and O–H groups in total. The summed E-state index contributed by atoms with van der Waals surface area (Å²) in [7, 11) is 0. The molecule has 2 heterocycles. The van der Waals surface area contributed by atoms with Crippen LogP contribution in [0.2, 0.25) is 0 Å². The highest BCUT2D eigenvalue weighted by Crippen LogP contribution is 2.22. The van der Waals surface area contributed by atoms with E-state index in [0.29, 0.717) is 0 Å². The summed E-state index contributed by atoms with van der Waals surface area (Å²) in [6.07, 6.45) is 0. The Morgan fingerprint density at radius 3 is 2.43 bits per heavy atom. The number of fused-ring (bicyclic) bond motifs is 1. The van der Waals surface area contributed by atoms with Gasteiger partial charge >= 0.3 is 0 Å². The molecule has 14 heavy (non-hydrogen) atoms. The van der Waals surface area contributed by atoms with Gasteiger partial charge < -0.3 is 10.2 Å². The van der Waals surface area contributed by atoms with E-state index in [1.807, 2.05) is 0 Å². The van der Waals surface area contributed by atoms with Gasteiger partial charge in [0.25, 0.3) is 0 Å². The van der Waals surface area contributed by atoms with Crippen molar-refractivity contribution in [3.8, 4) is 0 Å². The van der Waals surface area contributed by atoms with Crippen molar-refractivity contribution in [3.63, 3.8) is 0 Å². The van der Waals surface area contributed by atoms with E-state index in [2.05, 4.69) is 39.5 Å². The zero-order valence-electron chi connectivity index (χ0n) is 8.03. The van der Waals surface area contributed by atoms with Gasteiger partial charge in [0.1, 0.15) is 0 Å². The van der Waals surface area contributed by atoms with Gasteiger partial charge in [-0.2, -0.15) is 0 Å². The molecule has 2 aliphatic heterocycles. The van der Waals surface area contributed by atoms with Gasteiger partial charge in [-0.05, 0) is 11.1 Å². The van der Waals surface area contributed by atoms with Gasteiger partial charge in [-0.1, -0.05) is 24.3 Å². The third-order valence-electron chi connectivity index (χ3n) is 2.80. The Balaban J connectivity index is 1.84. The summed E-state index contributed by atoms with van der Waals surface area (Å²) in [5.41, 5.74) is 2.87. The molecule has 0 unspecified atom stereocenters. The lowest BCUT2D eigenvalue weighted by molar-refractivity contribution is 0.435. The highest BCUT2D eigenvalue weighted by Gasteiger charge is 2.22. The summed E-state index contributed by atoms with van der Waals surface area (Å²) in [6, 6.07) is 8.61. The van der Waals surface area contributed by atoms with Crippen LogP contribution in [0.1, 0.15) is 11.1 Å². The molecule has 0 spiro atoms. The van der Waals surface area contributed by atoms with Crippen molar-refractivity contribution in [1.82, 2.24) is 10.2 Å². The zero-order valence-corrected chi connectivity index (χ0v) is 8.03. The van der Waals surface area contributed by atoms with Crippen LogP contribution in [0, 0.1) is 0 Å². The van der Waals surface area contributed by atoms with Crippen LogP contribution in [0.4, 0.5) is 0 Å². The average Bonchev–Trinajstić information content (AvgIpc) is 2.86. The van der Waals surface area contributed by atoms with E-state index < -0.39 is 0 Å². The molecule has 1 aromatic carbocycles. The van der Waals surface area contributed by atoms with Gasteiger partial charge in [-0.3, -0.25) is 4.99 Å². The number of aliphatic imine (C=N–C) groups is 1. The van der Waals surface area contributed by atoms with Crippen LogP contribution in [-0.4, -0.2) is 23.9 Å². The standard InChI is InChI=1S/C11H13N3/c1-2-4-10-8-14(7-9(10)3-1)11-12-5-6-13-11/h1-4H,5-8H2,(H,12,13). The largest absolute Gasteiger partial charge is 0.354 e. The molecule has 0 fully saturated rings. The molecule has 3 heteroatoms. The molecular formula is C11H13N3. The molecule has 0 saturated carbocycles. The van der Waals surface area contributed by atoms with E-state index >= 15 is 0 Å². The minimum Gasteiger partial charge on any atom is -0.354 e. The molecule has 0 saturated heterocycles. The molecule has 0 aliphatic carbocycles. The highest BCUT2D eigenvalue weighted by molar-refractivity contribution is 5.82. The van der Waals surface area contributed by atoms with Crippen molar-refractivity contribution in [1.29, 1.82) is 0 Å². The molecular weight excluding hydrogens is 174 g/mol. The first-order valence-corrected chi connectivity index (χ1v) is 5.03. The highest BCUT2D eigenvalue weighted by atomic mass is 15.3. The molecule has 0 bridgehead atoms. The Kier molecular flexibility index (Phi) is 1.69. The van der Waals surface area contributed by atoms with Crippen molar-refractivity contribution in [3.05, 3.63) is 35.4 Å². The second-order valence-corrected chi connectivity index (χ2v) is 3.76. The Morgan fingerprint density at radius 1 is 1.14 bits per heavy atom. The summed E-state index contributed by atoms with van der Waals surface area (Å²) in [6.45, 7) is 3.91. The zero-order chi connectivity index (χ0) is 9.38. The Labute approximate surface area is 83.4 Å². The number of nitrogens with zero attached hydrogens (tertiary/aromatic N) is 2. The fourth-order valence-electron chi connectivity index (χ4n) is 2.08. The molecule has 1 aromatic rings. The van der Waals surface area contributed by atoms with Gasteiger partial charge in [0, 0.05) is 19.6 Å². The van der Waals surface area contributed by atoms with E-state index in [4.69, 9.17) is 0 Å². The first kappa shape index (κ1) is 7.85. The van der Waals surface area contributed by atoms with Gasteiger partial charge in [0.2, 0.25) is 0 Å². The van der Waals surface area contributed by atoms with Crippen molar-refractivity contribution in [2.24, 2.45) is 4.99 Å². The number of guanidine groups is 1.